The number of carbonyl (C=O) groups is 1. The molecule has 0 radical (unpaired) electrons. The Balaban J connectivity index is 2.08. The van der Waals surface area contributed by atoms with E-state index in [-0.39, 0.29) is 11.2 Å². The zero-order valence-corrected chi connectivity index (χ0v) is 13.4. The highest BCUT2D eigenvalue weighted by Gasteiger charge is 2.24. The Kier molecular flexibility index (Phi) is 4.78. The van der Waals surface area contributed by atoms with Gasteiger partial charge in [-0.1, -0.05) is 45.4 Å². The van der Waals surface area contributed by atoms with Gasteiger partial charge in [-0.15, -0.1) is 0 Å². The molecule has 1 aliphatic carbocycles. The number of hydrogen-bond donors (Lipinski definition) is 1. The molecule has 1 saturated carbocycles. The number of hydrogen-bond acceptors (Lipinski definition) is 3. The number of carboxylic acid groups (broad SMARTS) is 1. The number of imidazole rings is 1. The van der Waals surface area contributed by atoms with E-state index in [0.29, 0.717) is 0 Å². The fourth-order valence-corrected chi connectivity index (χ4v) is 3.08. The van der Waals surface area contributed by atoms with Crippen LogP contribution in [0.2, 0.25) is 0 Å². The van der Waals surface area contributed by atoms with Crippen LogP contribution in [0.5, 0.6) is 0 Å². The number of thioether (sulfide) groups is 1. The van der Waals surface area contributed by atoms with Gasteiger partial charge in [0.25, 0.3) is 0 Å². The fraction of sp³-hybridized carbons (Fsp3) is 0.733. The molecule has 0 aromatic carbocycles. The smallest absolute Gasteiger partial charge is 0.313 e. The highest BCUT2D eigenvalue weighted by atomic mass is 32.2. The maximum Gasteiger partial charge on any atom is 0.313 e. The van der Waals surface area contributed by atoms with Gasteiger partial charge in [-0.3, -0.25) is 4.79 Å². The first-order valence-electron chi connectivity index (χ1n) is 7.28. The molecule has 0 spiro atoms. The predicted molar refractivity (Wildman–Crippen MR) is 81.2 cm³/mol. The molecule has 0 unspecified atom stereocenters. The molecular formula is C15H24N2O2S. The van der Waals surface area contributed by atoms with Crippen molar-refractivity contribution in [3.05, 3.63) is 11.9 Å². The van der Waals surface area contributed by atoms with Crippen molar-refractivity contribution in [3.63, 3.8) is 0 Å². The average molecular weight is 296 g/mol. The topological polar surface area (TPSA) is 55.1 Å². The average Bonchev–Trinajstić information content (AvgIpc) is 3.04. The highest BCUT2D eigenvalue weighted by molar-refractivity contribution is 7.99. The number of aliphatic carboxylic acids is 1. The molecule has 0 saturated heterocycles. The SMILES string of the molecule is CC(C)(C)c1cnc(SCC(=O)O)n1CCCC1CC1. The van der Waals surface area contributed by atoms with Crippen molar-refractivity contribution < 1.29 is 9.90 Å². The standard InChI is InChI=1S/C15H24N2O2S/c1-15(2,3)12-9-16-14(20-10-13(18)19)17(12)8-4-5-11-6-7-11/h9,11H,4-8,10H2,1-3H3,(H,18,19). The van der Waals surface area contributed by atoms with Crippen molar-refractivity contribution in [1.82, 2.24) is 9.55 Å². The van der Waals surface area contributed by atoms with Gasteiger partial charge >= 0.3 is 5.97 Å². The lowest BCUT2D eigenvalue weighted by molar-refractivity contribution is -0.133. The van der Waals surface area contributed by atoms with Crippen molar-refractivity contribution in [2.45, 2.75) is 63.6 Å². The van der Waals surface area contributed by atoms with Gasteiger partial charge in [-0.25, -0.2) is 4.98 Å². The second-order valence-electron chi connectivity index (χ2n) is 6.60. The van der Waals surface area contributed by atoms with Gasteiger partial charge in [-0.05, 0) is 18.8 Å². The molecule has 5 heteroatoms. The summed E-state index contributed by atoms with van der Waals surface area (Å²) in [5.74, 6) is 0.218. The second kappa shape index (κ2) is 6.20. The third kappa shape index (κ3) is 4.27. The molecule has 1 aromatic heterocycles. The van der Waals surface area contributed by atoms with E-state index >= 15 is 0 Å². The molecule has 0 atom stereocenters. The van der Waals surface area contributed by atoms with Crippen LogP contribution in [-0.4, -0.2) is 26.4 Å². The van der Waals surface area contributed by atoms with Gasteiger partial charge < -0.3 is 9.67 Å². The van der Waals surface area contributed by atoms with E-state index in [1.165, 1.54) is 36.7 Å². The quantitative estimate of drug-likeness (QED) is 0.782. The second-order valence-corrected chi connectivity index (χ2v) is 7.54. The summed E-state index contributed by atoms with van der Waals surface area (Å²) in [4.78, 5) is 15.2. The van der Waals surface area contributed by atoms with Crippen LogP contribution in [0, 0.1) is 5.92 Å². The van der Waals surface area contributed by atoms with E-state index in [4.69, 9.17) is 5.11 Å². The normalized spacial score (nSPS) is 15.6. The molecule has 1 aromatic rings. The fourth-order valence-electron chi connectivity index (χ4n) is 2.36. The van der Waals surface area contributed by atoms with Crippen molar-refractivity contribution in [2.24, 2.45) is 5.92 Å². The van der Waals surface area contributed by atoms with E-state index in [9.17, 15) is 4.79 Å². The van der Waals surface area contributed by atoms with E-state index in [1.54, 1.807) is 0 Å². The summed E-state index contributed by atoms with van der Waals surface area (Å²) in [6.07, 6.45) is 7.12. The van der Waals surface area contributed by atoms with E-state index in [0.717, 1.165) is 24.0 Å². The Morgan fingerprint density at radius 2 is 2.20 bits per heavy atom. The molecule has 4 nitrogen and oxygen atoms in total. The maximum absolute atomic E-state index is 10.7. The van der Waals surface area contributed by atoms with Crippen LogP contribution in [0.1, 0.15) is 52.1 Å². The molecule has 1 heterocycles. The molecule has 20 heavy (non-hydrogen) atoms. The molecule has 0 amide bonds. The van der Waals surface area contributed by atoms with E-state index in [1.807, 2.05) is 6.20 Å². The highest BCUT2D eigenvalue weighted by Crippen LogP contribution is 2.34. The number of carboxylic acids is 1. The molecule has 1 N–H and O–H groups in total. The van der Waals surface area contributed by atoms with Gasteiger partial charge in [0.1, 0.15) is 0 Å². The number of nitrogens with zero attached hydrogens (tertiary/aromatic N) is 2. The third-order valence-corrected chi connectivity index (χ3v) is 4.58. The van der Waals surface area contributed by atoms with Crippen LogP contribution in [0.25, 0.3) is 0 Å². The molecule has 1 aliphatic rings. The van der Waals surface area contributed by atoms with Crippen LogP contribution in [-0.2, 0) is 16.8 Å². The van der Waals surface area contributed by atoms with E-state index in [2.05, 4.69) is 30.3 Å². The van der Waals surface area contributed by atoms with Gasteiger partial charge in [0.05, 0.1) is 5.75 Å². The van der Waals surface area contributed by atoms with Crippen molar-refractivity contribution in [1.29, 1.82) is 0 Å². The lowest BCUT2D eigenvalue weighted by Crippen LogP contribution is -2.18. The van der Waals surface area contributed by atoms with Crippen LogP contribution < -0.4 is 0 Å². The van der Waals surface area contributed by atoms with Gasteiger partial charge in [0.15, 0.2) is 5.16 Å². The summed E-state index contributed by atoms with van der Waals surface area (Å²) >= 11 is 1.32. The largest absolute Gasteiger partial charge is 0.481 e. The Hall–Kier alpha value is -0.970. The summed E-state index contributed by atoms with van der Waals surface area (Å²) in [5.41, 5.74) is 1.23. The lowest BCUT2D eigenvalue weighted by Gasteiger charge is -2.21. The first-order chi connectivity index (χ1) is 9.38. The molecule has 112 valence electrons. The molecule has 0 aliphatic heterocycles. The zero-order valence-electron chi connectivity index (χ0n) is 12.6. The Morgan fingerprint density at radius 3 is 2.75 bits per heavy atom. The summed E-state index contributed by atoms with van der Waals surface area (Å²) in [6, 6.07) is 0. The summed E-state index contributed by atoms with van der Waals surface area (Å²) in [5, 5.41) is 9.67. The maximum atomic E-state index is 10.7. The van der Waals surface area contributed by atoms with Crippen LogP contribution in [0.4, 0.5) is 0 Å². The van der Waals surface area contributed by atoms with Crippen LogP contribution in [0.3, 0.4) is 0 Å². The van der Waals surface area contributed by atoms with Gasteiger partial charge in [0.2, 0.25) is 0 Å². The summed E-state index contributed by atoms with van der Waals surface area (Å²) in [6.45, 7) is 7.47. The molecule has 2 rings (SSSR count). The first-order valence-corrected chi connectivity index (χ1v) is 8.27. The lowest BCUT2D eigenvalue weighted by atomic mass is 9.92. The van der Waals surface area contributed by atoms with Crippen LogP contribution >= 0.6 is 11.8 Å². The molecule has 1 fully saturated rings. The number of rotatable bonds is 7. The third-order valence-electron chi connectivity index (χ3n) is 3.60. The Labute approximate surface area is 125 Å². The Morgan fingerprint density at radius 1 is 1.50 bits per heavy atom. The zero-order chi connectivity index (χ0) is 14.8. The minimum absolute atomic E-state index is 0.0363. The minimum atomic E-state index is -0.792. The van der Waals surface area contributed by atoms with Gasteiger partial charge in [-0.2, -0.15) is 0 Å². The van der Waals surface area contributed by atoms with Crippen LogP contribution in [0.15, 0.2) is 11.4 Å². The first kappa shape index (κ1) is 15.4. The van der Waals surface area contributed by atoms with Crippen molar-refractivity contribution >= 4 is 17.7 Å². The predicted octanol–water partition coefficient (Wildman–Crippen LogP) is 3.55. The monoisotopic (exact) mass is 296 g/mol. The minimum Gasteiger partial charge on any atom is -0.481 e. The summed E-state index contributed by atoms with van der Waals surface area (Å²) < 4.78 is 2.22. The van der Waals surface area contributed by atoms with Crippen molar-refractivity contribution in [2.75, 3.05) is 5.75 Å². The van der Waals surface area contributed by atoms with Crippen molar-refractivity contribution in [3.8, 4) is 0 Å². The Bertz CT molecular complexity index is 473. The molecular weight excluding hydrogens is 272 g/mol. The van der Waals surface area contributed by atoms with Gasteiger partial charge in [0, 0.05) is 23.9 Å². The molecule has 0 bridgehead atoms. The van der Waals surface area contributed by atoms with E-state index < -0.39 is 5.97 Å². The summed E-state index contributed by atoms with van der Waals surface area (Å²) in [7, 11) is 0. The number of aromatic nitrogens is 2.